The van der Waals surface area contributed by atoms with E-state index < -0.39 is 0 Å². The molecule has 2 amide bonds. The van der Waals surface area contributed by atoms with Crippen molar-refractivity contribution in [3.63, 3.8) is 0 Å². The van der Waals surface area contributed by atoms with Crippen LogP contribution in [0.4, 0.5) is 10.5 Å². The molecule has 0 aliphatic carbocycles. The summed E-state index contributed by atoms with van der Waals surface area (Å²) >= 11 is 0. The number of carbonyl (C=O) groups is 1. The maximum absolute atomic E-state index is 12.7. The van der Waals surface area contributed by atoms with Crippen molar-refractivity contribution in [3.8, 4) is 11.4 Å². The van der Waals surface area contributed by atoms with E-state index in [9.17, 15) is 4.79 Å². The second-order valence-corrected chi connectivity index (χ2v) is 6.19. The fraction of sp³-hybridized carbons (Fsp3) is 0.263. The number of rotatable bonds is 3. The van der Waals surface area contributed by atoms with Crippen molar-refractivity contribution in [2.45, 2.75) is 6.10 Å². The van der Waals surface area contributed by atoms with Gasteiger partial charge < -0.3 is 23.9 Å². The summed E-state index contributed by atoms with van der Waals surface area (Å²) < 4.78 is 13.0. The van der Waals surface area contributed by atoms with Crippen LogP contribution in [-0.2, 0) is 11.8 Å². The van der Waals surface area contributed by atoms with Gasteiger partial charge in [0.05, 0.1) is 19.4 Å². The average Bonchev–Trinajstić information content (AvgIpc) is 3.34. The lowest BCUT2D eigenvalue weighted by atomic mass is 10.2. The van der Waals surface area contributed by atoms with Gasteiger partial charge in [0, 0.05) is 37.2 Å². The molecule has 0 unspecified atom stereocenters. The third-order valence-corrected chi connectivity index (χ3v) is 4.41. The van der Waals surface area contributed by atoms with Gasteiger partial charge in [-0.15, -0.1) is 0 Å². The molecule has 1 atom stereocenters. The van der Waals surface area contributed by atoms with Crippen LogP contribution in [0.1, 0.15) is 11.9 Å². The van der Waals surface area contributed by atoms with E-state index in [1.54, 1.807) is 17.4 Å². The summed E-state index contributed by atoms with van der Waals surface area (Å²) in [6, 6.07) is 11.2. The summed E-state index contributed by atoms with van der Waals surface area (Å²) in [5, 5.41) is 2.96. The molecule has 0 bridgehead atoms. The Morgan fingerprint density at radius 1 is 1.31 bits per heavy atom. The molecule has 3 aromatic rings. The van der Waals surface area contributed by atoms with Crippen molar-refractivity contribution in [2.75, 3.05) is 25.0 Å². The van der Waals surface area contributed by atoms with Crippen molar-refractivity contribution in [1.82, 2.24) is 14.5 Å². The monoisotopic (exact) mass is 352 g/mol. The van der Waals surface area contributed by atoms with E-state index in [0.717, 1.165) is 22.8 Å². The fourth-order valence-electron chi connectivity index (χ4n) is 3.06. The standard InChI is InChI=1S/C19H20N4O3/c1-22-8-7-20-18(22)14-4-2-5-15(12-14)21-19(24)23-9-11-26-17(13-23)16-6-3-10-25-16/h2-8,10,12,17H,9,11,13H2,1H3,(H,21,24)/t17-/m1/s1. The van der Waals surface area contributed by atoms with Gasteiger partial charge in [-0.2, -0.15) is 0 Å². The number of furan rings is 1. The van der Waals surface area contributed by atoms with Crippen LogP contribution in [-0.4, -0.2) is 40.2 Å². The van der Waals surface area contributed by atoms with Gasteiger partial charge in [0.1, 0.15) is 17.7 Å². The zero-order valence-electron chi connectivity index (χ0n) is 14.5. The number of hydrogen-bond acceptors (Lipinski definition) is 4. The molecular formula is C19H20N4O3. The predicted molar refractivity (Wildman–Crippen MR) is 96.6 cm³/mol. The number of ether oxygens (including phenoxy) is 1. The Bertz CT molecular complexity index is 888. The molecule has 0 spiro atoms. The third-order valence-electron chi connectivity index (χ3n) is 4.41. The van der Waals surface area contributed by atoms with Crippen molar-refractivity contribution < 1.29 is 13.9 Å². The zero-order valence-corrected chi connectivity index (χ0v) is 14.5. The first-order valence-corrected chi connectivity index (χ1v) is 8.49. The number of benzene rings is 1. The molecule has 1 fully saturated rings. The van der Waals surface area contributed by atoms with Crippen LogP contribution in [0.2, 0.25) is 0 Å². The van der Waals surface area contributed by atoms with Gasteiger partial charge in [-0.05, 0) is 24.3 Å². The van der Waals surface area contributed by atoms with E-state index in [-0.39, 0.29) is 12.1 Å². The molecular weight excluding hydrogens is 332 g/mol. The number of carbonyl (C=O) groups excluding carboxylic acids is 1. The van der Waals surface area contributed by atoms with E-state index in [2.05, 4.69) is 10.3 Å². The summed E-state index contributed by atoms with van der Waals surface area (Å²) in [7, 11) is 1.94. The van der Waals surface area contributed by atoms with Crippen molar-refractivity contribution in [2.24, 2.45) is 7.05 Å². The highest BCUT2D eigenvalue weighted by atomic mass is 16.5. The first-order valence-electron chi connectivity index (χ1n) is 8.49. The Labute approximate surface area is 151 Å². The molecule has 4 rings (SSSR count). The van der Waals surface area contributed by atoms with E-state index in [4.69, 9.17) is 9.15 Å². The van der Waals surface area contributed by atoms with Gasteiger partial charge in [-0.3, -0.25) is 0 Å². The van der Waals surface area contributed by atoms with Crippen molar-refractivity contribution >= 4 is 11.7 Å². The Balaban J connectivity index is 1.45. The molecule has 26 heavy (non-hydrogen) atoms. The summed E-state index contributed by atoms with van der Waals surface area (Å²) in [6.07, 6.45) is 5.02. The molecule has 0 saturated carbocycles. The Hall–Kier alpha value is -3.06. The van der Waals surface area contributed by atoms with E-state index >= 15 is 0 Å². The highest BCUT2D eigenvalue weighted by molar-refractivity contribution is 5.90. The highest BCUT2D eigenvalue weighted by Gasteiger charge is 2.27. The number of anilines is 1. The minimum absolute atomic E-state index is 0.151. The quantitative estimate of drug-likeness (QED) is 0.785. The van der Waals surface area contributed by atoms with Gasteiger partial charge in [-0.1, -0.05) is 12.1 Å². The van der Waals surface area contributed by atoms with E-state index in [0.29, 0.717) is 19.7 Å². The first kappa shape index (κ1) is 16.4. The fourth-order valence-corrected chi connectivity index (χ4v) is 3.06. The van der Waals surface area contributed by atoms with Crippen LogP contribution >= 0.6 is 0 Å². The number of aryl methyl sites for hydroxylation is 1. The Kier molecular flexibility index (Phi) is 4.45. The number of hydrogen-bond donors (Lipinski definition) is 1. The van der Waals surface area contributed by atoms with Gasteiger partial charge in [-0.25, -0.2) is 9.78 Å². The molecule has 1 aliphatic rings. The first-order chi connectivity index (χ1) is 12.7. The van der Waals surface area contributed by atoms with Crippen LogP contribution < -0.4 is 5.32 Å². The lowest BCUT2D eigenvalue weighted by Gasteiger charge is -2.32. The van der Waals surface area contributed by atoms with E-state index in [1.807, 2.05) is 54.2 Å². The number of urea groups is 1. The maximum atomic E-state index is 12.7. The number of aromatic nitrogens is 2. The number of nitrogens with zero attached hydrogens (tertiary/aromatic N) is 3. The third kappa shape index (κ3) is 3.34. The minimum atomic E-state index is -0.233. The topological polar surface area (TPSA) is 72.5 Å². The summed E-state index contributed by atoms with van der Waals surface area (Å²) in [5.41, 5.74) is 1.68. The average molecular weight is 352 g/mol. The second-order valence-electron chi connectivity index (χ2n) is 6.19. The van der Waals surface area contributed by atoms with Gasteiger partial charge >= 0.3 is 6.03 Å². The molecule has 3 heterocycles. The molecule has 2 aromatic heterocycles. The van der Waals surface area contributed by atoms with Crippen LogP contribution in [0, 0.1) is 0 Å². The molecule has 1 N–H and O–H groups in total. The van der Waals surface area contributed by atoms with Crippen LogP contribution in [0.15, 0.2) is 59.5 Å². The van der Waals surface area contributed by atoms with Crippen molar-refractivity contribution in [3.05, 3.63) is 60.8 Å². The molecule has 7 nitrogen and oxygen atoms in total. The van der Waals surface area contributed by atoms with Gasteiger partial charge in [0.2, 0.25) is 0 Å². The summed E-state index contributed by atoms with van der Waals surface area (Å²) in [6.45, 7) is 1.48. The SMILES string of the molecule is Cn1ccnc1-c1cccc(NC(=O)N2CCO[C@@H](c3ccco3)C2)c1. The van der Waals surface area contributed by atoms with E-state index in [1.165, 1.54) is 0 Å². The molecule has 1 saturated heterocycles. The Morgan fingerprint density at radius 3 is 3.00 bits per heavy atom. The van der Waals surface area contributed by atoms with Gasteiger partial charge in [0.15, 0.2) is 0 Å². The highest BCUT2D eigenvalue weighted by Crippen LogP contribution is 2.24. The van der Waals surface area contributed by atoms with Gasteiger partial charge in [0.25, 0.3) is 0 Å². The summed E-state index contributed by atoms with van der Waals surface area (Å²) in [4.78, 5) is 18.7. The minimum Gasteiger partial charge on any atom is -0.467 e. The lowest BCUT2D eigenvalue weighted by Crippen LogP contribution is -2.44. The number of nitrogens with one attached hydrogen (secondary N) is 1. The predicted octanol–water partition coefficient (Wildman–Crippen LogP) is 3.29. The lowest BCUT2D eigenvalue weighted by molar-refractivity contribution is -0.0242. The normalized spacial score (nSPS) is 17.3. The Morgan fingerprint density at radius 2 is 2.23 bits per heavy atom. The number of morpholine rings is 1. The number of imidazole rings is 1. The molecule has 0 radical (unpaired) electrons. The smallest absolute Gasteiger partial charge is 0.322 e. The van der Waals surface area contributed by atoms with Crippen LogP contribution in [0.5, 0.6) is 0 Å². The van der Waals surface area contributed by atoms with Crippen LogP contribution in [0.25, 0.3) is 11.4 Å². The van der Waals surface area contributed by atoms with Crippen LogP contribution in [0.3, 0.4) is 0 Å². The largest absolute Gasteiger partial charge is 0.467 e. The molecule has 134 valence electrons. The maximum Gasteiger partial charge on any atom is 0.322 e. The second kappa shape index (κ2) is 7.05. The number of amides is 2. The molecule has 1 aliphatic heterocycles. The summed E-state index contributed by atoms with van der Waals surface area (Å²) in [5.74, 6) is 1.59. The molecule has 7 heteroatoms. The zero-order chi connectivity index (χ0) is 17.9. The van der Waals surface area contributed by atoms with Crippen molar-refractivity contribution in [1.29, 1.82) is 0 Å². The molecule has 1 aromatic carbocycles.